The summed E-state index contributed by atoms with van der Waals surface area (Å²) in [5, 5.41) is 3.25. The van der Waals surface area contributed by atoms with Crippen molar-refractivity contribution in [2.75, 3.05) is 31.6 Å². The fraction of sp³-hybridized carbons (Fsp3) is 0.320. The molecule has 3 aromatic rings. The summed E-state index contributed by atoms with van der Waals surface area (Å²) in [6.07, 6.45) is -4.92. The lowest BCUT2D eigenvalue weighted by Crippen LogP contribution is -2.60. The third kappa shape index (κ3) is 6.89. The molecule has 2 aromatic carbocycles. The number of piperazine rings is 1. The number of hydrogen-bond acceptors (Lipinski definition) is 9. The Balaban J connectivity index is 1.57. The van der Waals surface area contributed by atoms with Crippen molar-refractivity contribution < 1.29 is 35.9 Å². The first-order valence-corrected chi connectivity index (χ1v) is 14.1. The summed E-state index contributed by atoms with van der Waals surface area (Å²) in [6, 6.07) is 10.2. The molecule has 15 heteroatoms. The summed E-state index contributed by atoms with van der Waals surface area (Å²) in [7, 11) is -2.86. The molecule has 0 spiro atoms. The summed E-state index contributed by atoms with van der Waals surface area (Å²) in [5.74, 6) is -1.11. The molecule has 1 saturated heterocycles. The predicted molar refractivity (Wildman–Crippen MR) is 142 cm³/mol. The Labute approximate surface area is 233 Å². The molecule has 1 N–H and O–H groups in total. The minimum atomic E-state index is -4.92. The number of alkyl halides is 3. The van der Waals surface area contributed by atoms with Crippen LogP contribution in [0.3, 0.4) is 0 Å². The van der Waals surface area contributed by atoms with Crippen LogP contribution < -0.4 is 19.7 Å². The molecule has 0 saturated carbocycles. The van der Waals surface area contributed by atoms with E-state index < -0.39 is 34.1 Å². The minimum absolute atomic E-state index is 0.0344. The van der Waals surface area contributed by atoms with E-state index in [1.54, 1.807) is 4.90 Å². The molecule has 214 valence electrons. The van der Waals surface area contributed by atoms with Crippen molar-refractivity contribution >= 4 is 38.2 Å². The Kier molecular flexibility index (Phi) is 8.65. The second kappa shape index (κ2) is 11.8. The lowest BCUT2D eigenvalue weighted by Gasteiger charge is -2.39. The second-order valence-electron chi connectivity index (χ2n) is 8.86. The van der Waals surface area contributed by atoms with Gasteiger partial charge in [0.2, 0.25) is 21.1 Å². The maximum Gasteiger partial charge on any atom is 0.573 e. The number of sulfonamides is 1. The number of amides is 1. The third-order valence-corrected chi connectivity index (χ3v) is 8.74. The number of anilines is 1. The standard InChI is InChI=1S/C25H26F3N5O5S2/c1-16(2)18-6-4-17(5-7-18)14-29-22(34)21-15-32(24-30-23(37-3)31-39-24)12-13-33(21)40(35,36)20-10-8-19(9-11-20)38-25(26,27)28/h4-11,21H,1,12-15H2,2-3H3,(H,29,34)/t21-/m1/s1. The molecule has 1 aliphatic rings. The van der Waals surface area contributed by atoms with Gasteiger partial charge in [0, 0.05) is 37.7 Å². The fourth-order valence-corrected chi connectivity index (χ4v) is 6.26. The van der Waals surface area contributed by atoms with E-state index in [0.717, 1.165) is 56.8 Å². The zero-order chi connectivity index (χ0) is 29.1. The van der Waals surface area contributed by atoms with Crippen LogP contribution in [0.2, 0.25) is 0 Å². The van der Waals surface area contributed by atoms with E-state index in [4.69, 9.17) is 4.74 Å². The number of aromatic nitrogens is 2. The second-order valence-corrected chi connectivity index (χ2v) is 11.5. The summed E-state index contributed by atoms with van der Waals surface area (Å²) >= 11 is 1.05. The quantitative estimate of drug-likeness (QED) is 0.398. The number of allylic oxidation sites excluding steroid dienone is 1. The molecule has 4 rings (SSSR count). The Hall–Kier alpha value is -3.69. The molecule has 2 heterocycles. The molecule has 0 bridgehead atoms. The highest BCUT2D eigenvalue weighted by molar-refractivity contribution is 7.89. The van der Waals surface area contributed by atoms with Crippen LogP contribution in [-0.2, 0) is 21.4 Å². The zero-order valence-electron chi connectivity index (χ0n) is 21.5. The molecule has 1 amide bonds. The number of nitrogens with zero attached hydrogens (tertiary/aromatic N) is 4. The molecule has 40 heavy (non-hydrogen) atoms. The Morgan fingerprint density at radius 1 is 1.15 bits per heavy atom. The van der Waals surface area contributed by atoms with E-state index in [-0.39, 0.29) is 37.1 Å². The first kappa shape index (κ1) is 29.3. The van der Waals surface area contributed by atoms with Crippen LogP contribution in [-0.4, -0.2) is 67.1 Å². The van der Waals surface area contributed by atoms with Crippen LogP contribution in [0.4, 0.5) is 18.3 Å². The van der Waals surface area contributed by atoms with Crippen molar-refractivity contribution in [2.24, 2.45) is 0 Å². The number of rotatable bonds is 9. The highest BCUT2D eigenvalue weighted by Crippen LogP contribution is 2.29. The molecule has 0 aliphatic carbocycles. The monoisotopic (exact) mass is 597 g/mol. The van der Waals surface area contributed by atoms with Crippen molar-refractivity contribution in [1.29, 1.82) is 0 Å². The summed E-state index contributed by atoms with van der Waals surface area (Å²) in [4.78, 5) is 19.1. The maximum atomic E-state index is 13.6. The van der Waals surface area contributed by atoms with Crippen LogP contribution in [0.5, 0.6) is 11.8 Å². The topological polar surface area (TPSA) is 114 Å². The van der Waals surface area contributed by atoms with E-state index >= 15 is 0 Å². The van der Waals surface area contributed by atoms with Crippen molar-refractivity contribution in [3.63, 3.8) is 0 Å². The van der Waals surface area contributed by atoms with Gasteiger partial charge in [-0.05, 0) is 42.3 Å². The van der Waals surface area contributed by atoms with E-state index in [0.29, 0.717) is 5.13 Å². The van der Waals surface area contributed by atoms with Gasteiger partial charge < -0.3 is 19.7 Å². The van der Waals surface area contributed by atoms with Gasteiger partial charge in [-0.1, -0.05) is 36.4 Å². The van der Waals surface area contributed by atoms with Gasteiger partial charge in [-0.2, -0.15) is 9.29 Å². The summed E-state index contributed by atoms with van der Waals surface area (Å²) in [5.41, 5.74) is 2.65. The fourth-order valence-electron chi connectivity index (χ4n) is 4.02. The van der Waals surface area contributed by atoms with Gasteiger partial charge in [-0.25, -0.2) is 8.42 Å². The molecule has 0 radical (unpaired) electrons. The predicted octanol–water partition coefficient (Wildman–Crippen LogP) is 3.67. The van der Waals surface area contributed by atoms with Gasteiger partial charge in [0.05, 0.1) is 12.0 Å². The van der Waals surface area contributed by atoms with Gasteiger partial charge in [-0.15, -0.1) is 17.5 Å². The van der Waals surface area contributed by atoms with E-state index in [9.17, 15) is 26.4 Å². The number of methoxy groups -OCH3 is 1. The van der Waals surface area contributed by atoms with Crippen LogP contribution >= 0.6 is 11.5 Å². The van der Waals surface area contributed by atoms with Gasteiger partial charge in [-0.3, -0.25) is 4.79 Å². The lowest BCUT2D eigenvalue weighted by atomic mass is 10.1. The largest absolute Gasteiger partial charge is 0.573 e. The van der Waals surface area contributed by atoms with Crippen molar-refractivity contribution in [1.82, 2.24) is 19.0 Å². The summed E-state index contributed by atoms with van der Waals surface area (Å²) in [6.45, 7) is 6.00. The molecular weight excluding hydrogens is 571 g/mol. The maximum absolute atomic E-state index is 13.6. The number of hydrogen-bond donors (Lipinski definition) is 1. The van der Waals surface area contributed by atoms with E-state index in [1.165, 1.54) is 7.11 Å². The molecule has 1 aromatic heterocycles. The highest BCUT2D eigenvalue weighted by atomic mass is 32.2. The van der Waals surface area contributed by atoms with Crippen molar-refractivity contribution in [3.8, 4) is 11.8 Å². The third-order valence-electron chi connectivity index (χ3n) is 6.06. The Morgan fingerprint density at radius 2 is 1.82 bits per heavy atom. The van der Waals surface area contributed by atoms with E-state index in [1.807, 2.05) is 31.2 Å². The van der Waals surface area contributed by atoms with Gasteiger partial charge in [0.1, 0.15) is 11.8 Å². The first-order chi connectivity index (χ1) is 18.9. The molecule has 0 unspecified atom stereocenters. The normalized spacial score (nSPS) is 16.4. The molecule has 10 nitrogen and oxygen atoms in total. The number of benzene rings is 2. The number of carbonyl (C=O) groups is 1. The Bertz CT molecular complexity index is 1460. The van der Waals surface area contributed by atoms with Crippen LogP contribution in [0.1, 0.15) is 18.1 Å². The van der Waals surface area contributed by atoms with Gasteiger partial charge in [0.15, 0.2) is 0 Å². The van der Waals surface area contributed by atoms with Gasteiger partial charge >= 0.3 is 12.4 Å². The number of nitrogens with one attached hydrogen (secondary N) is 1. The highest BCUT2D eigenvalue weighted by Gasteiger charge is 2.41. The number of ether oxygens (including phenoxy) is 2. The molecule has 1 atom stereocenters. The number of carbonyl (C=O) groups excluding carboxylic acids is 1. The minimum Gasteiger partial charge on any atom is -0.466 e. The first-order valence-electron chi connectivity index (χ1n) is 11.9. The smallest absolute Gasteiger partial charge is 0.466 e. The van der Waals surface area contributed by atoms with Crippen LogP contribution in [0.25, 0.3) is 5.57 Å². The molecule has 1 fully saturated rings. The zero-order valence-corrected chi connectivity index (χ0v) is 23.1. The van der Waals surface area contributed by atoms with Crippen molar-refractivity contribution in [3.05, 3.63) is 66.2 Å². The Morgan fingerprint density at radius 3 is 2.40 bits per heavy atom. The van der Waals surface area contributed by atoms with Gasteiger partial charge in [0.25, 0.3) is 0 Å². The average molecular weight is 598 g/mol. The van der Waals surface area contributed by atoms with Crippen LogP contribution in [0.15, 0.2) is 60.0 Å². The molecule has 1 aliphatic heterocycles. The lowest BCUT2D eigenvalue weighted by molar-refractivity contribution is -0.274. The van der Waals surface area contributed by atoms with Crippen molar-refractivity contribution in [2.45, 2.75) is 30.8 Å². The van der Waals surface area contributed by atoms with E-state index in [2.05, 4.69) is 26.0 Å². The van der Waals surface area contributed by atoms with Crippen LogP contribution in [0, 0.1) is 0 Å². The molecular formula is C25H26F3N5O5S2. The average Bonchev–Trinajstić information content (AvgIpc) is 3.40. The SMILES string of the molecule is C=C(C)c1ccc(CNC(=O)[C@H]2CN(c3nc(OC)ns3)CCN2S(=O)(=O)c2ccc(OC(F)(F)F)cc2)cc1. The summed E-state index contributed by atoms with van der Waals surface area (Å²) < 4.78 is 78.7. The number of halogens is 3.